The molecule has 0 N–H and O–H groups in total. The van der Waals surface area contributed by atoms with Crippen LogP contribution in [0.1, 0.15) is 33.6 Å². The Kier molecular flexibility index (Phi) is 5.99. The molecule has 0 spiro atoms. The molecule has 5 aromatic rings. The molecule has 2 atom stereocenters. The summed E-state index contributed by atoms with van der Waals surface area (Å²) in [6.45, 7) is 5.70. The normalized spacial score (nSPS) is 22.0. The third-order valence-electron chi connectivity index (χ3n) is 10.5. The van der Waals surface area contributed by atoms with Crippen molar-refractivity contribution in [3.8, 4) is 28.7 Å². The molecule has 2 aliphatic rings. The second-order valence-corrected chi connectivity index (χ2v) is 12.4. The molecule has 7 rings (SSSR count). The monoisotopic (exact) mass is 594 g/mol. The van der Waals surface area contributed by atoms with E-state index in [0.717, 1.165) is 32.3 Å². The van der Waals surface area contributed by atoms with Crippen LogP contribution >= 0.6 is 0 Å². The van der Waals surface area contributed by atoms with Gasteiger partial charge < -0.3 is 28.4 Å². The predicted molar refractivity (Wildman–Crippen MR) is 168 cm³/mol. The number of hydrogen-bond acceptors (Lipinski definition) is 8. The van der Waals surface area contributed by atoms with E-state index in [1.165, 1.54) is 0 Å². The predicted octanol–water partition coefficient (Wildman–Crippen LogP) is 7.36. The number of esters is 2. The van der Waals surface area contributed by atoms with Crippen LogP contribution in [0.25, 0.3) is 43.1 Å². The van der Waals surface area contributed by atoms with Gasteiger partial charge in [0.05, 0.1) is 33.9 Å². The lowest BCUT2D eigenvalue weighted by Crippen LogP contribution is -2.50. The van der Waals surface area contributed by atoms with Crippen molar-refractivity contribution in [2.24, 2.45) is 10.8 Å². The fraction of sp³-hybridized carbons (Fsp3) is 0.333. The van der Waals surface area contributed by atoms with E-state index in [-0.39, 0.29) is 5.97 Å². The quantitative estimate of drug-likeness (QED) is 0.114. The number of carbonyl (C=O) groups is 2. The highest BCUT2D eigenvalue weighted by Crippen LogP contribution is 2.66. The molecule has 1 aliphatic heterocycles. The molecule has 226 valence electrons. The van der Waals surface area contributed by atoms with Gasteiger partial charge in [-0.25, -0.2) is 4.79 Å². The molecule has 1 heterocycles. The van der Waals surface area contributed by atoms with Crippen LogP contribution in [0.3, 0.4) is 0 Å². The molecule has 0 aromatic heterocycles. The molecule has 8 heteroatoms. The van der Waals surface area contributed by atoms with Crippen LogP contribution < -0.4 is 23.7 Å². The minimum atomic E-state index is -1.39. The number of benzene rings is 5. The largest absolute Gasteiger partial charge is 0.496 e. The van der Waals surface area contributed by atoms with Gasteiger partial charge in [-0.15, -0.1) is 0 Å². The molecule has 8 nitrogen and oxygen atoms in total. The highest BCUT2D eigenvalue weighted by molar-refractivity contribution is 6.32. The maximum absolute atomic E-state index is 14.2. The van der Waals surface area contributed by atoms with E-state index in [2.05, 4.69) is 0 Å². The van der Waals surface area contributed by atoms with E-state index in [9.17, 15) is 9.59 Å². The minimum Gasteiger partial charge on any atom is -0.496 e. The fourth-order valence-corrected chi connectivity index (χ4v) is 7.59. The standard InChI is InChI=1S/C36H34O8/c1-34(2)35(3)16-17-36(34,44-32(35)37)33(38)43-25-15-14-24(39-4)23-18-26(40-5)21-12-13-22-27(29(21)28(23)25)19-10-8-9-11-20(19)30(41-6)31(22)42-7/h8-15,18H,16-17H2,1-7H3/t35-,36+/m0/s1. The molecule has 0 amide bonds. The van der Waals surface area contributed by atoms with Gasteiger partial charge in [-0.1, -0.05) is 38.1 Å². The Balaban J connectivity index is 1.60. The number of ether oxygens (including phenoxy) is 6. The molecule has 44 heavy (non-hydrogen) atoms. The summed E-state index contributed by atoms with van der Waals surface area (Å²) in [6.07, 6.45) is 0.948. The zero-order valence-corrected chi connectivity index (χ0v) is 25.9. The number of methoxy groups -OCH3 is 4. The molecule has 2 fully saturated rings. The number of carbonyl (C=O) groups excluding carboxylic acids is 2. The van der Waals surface area contributed by atoms with Gasteiger partial charge >= 0.3 is 11.9 Å². The summed E-state index contributed by atoms with van der Waals surface area (Å²) >= 11 is 0. The van der Waals surface area contributed by atoms with Crippen LogP contribution in [0.2, 0.25) is 0 Å². The molecule has 0 unspecified atom stereocenters. The Morgan fingerprint density at radius 1 is 0.659 bits per heavy atom. The van der Waals surface area contributed by atoms with Gasteiger partial charge in [0, 0.05) is 43.1 Å². The van der Waals surface area contributed by atoms with Crippen LogP contribution in [0.15, 0.2) is 54.6 Å². The van der Waals surface area contributed by atoms with E-state index in [4.69, 9.17) is 28.4 Å². The van der Waals surface area contributed by atoms with Crippen LogP contribution in [0.5, 0.6) is 28.7 Å². The molecular formula is C36H34O8. The molecule has 1 saturated heterocycles. The van der Waals surface area contributed by atoms with Gasteiger partial charge in [0.15, 0.2) is 11.5 Å². The van der Waals surface area contributed by atoms with Crippen molar-refractivity contribution in [2.75, 3.05) is 28.4 Å². The first-order valence-electron chi connectivity index (χ1n) is 14.6. The van der Waals surface area contributed by atoms with Crippen molar-refractivity contribution >= 4 is 55.0 Å². The first-order valence-corrected chi connectivity index (χ1v) is 14.6. The second kappa shape index (κ2) is 9.39. The Labute approximate surface area is 254 Å². The van der Waals surface area contributed by atoms with Crippen LogP contribution in [-0.4, -0.2) is 46.0 Å². The zero-order valence-electron chi connectivity index (χ0n) is 25.9. The summed E-state index contributed by atoms with van der Waals surface area (Å²) in [7, 11) is 6.47. The number of rotatable bonds is 6. The van der Waals surface area contributed by atoms with Crippen molar-refractivity contribution in [1.82, 2.24) is 0 Å². The minimum absolute atomic E-state index is 0.326. The maximum atomic E-state index is 14.2. The van der Waals surface area contributed by atoms with Crippen molar-refractivity contribution in [3.05, 3.63) is 54.6 Å². The summed E-state index contributed by atoms with van der Waals surface area (Å²) < 4.78 is 35.7. The van der Waals surface area contributed by atoms with E-state index in [0.29, 0.717) is 52.4 Å². The number of hydrogen-bond donors (Lipinski definition) is 0. The van der Waals surface area contributed by atoms with Gasteiger partial charge in [0.2, 0.25) is 5.60 Å². The summed E-state index contributed by atoms with van der Waals surface area (Å²) in [4.78, 5) is 27.2. The van der Waals surface area contributed by atoms with E-state index in [1.807, 2.05) is 63.2 Å². The number of fused-ring (bicyclic) bond motifs is 9. The Hall–Kier alpha value is -4.72. The Morgan fingerprint density at radius 2 is 1.30 bits per heavy atom. The van der Waals surface area contributed by atoms with Crippen molar-refractivity contribution in [2.45, 2.75) is 39.2 Å². The summed E-state index contributed by atoms with van der Waals surface area (Å²) in [6, 6.07) is 17.3. The Bertz CT molecular complexity index is 2060. The SMILES string of the molecule is COc1c(OC)c2ccc3c(OC)cc4c(OC)ccc(OC(=O)[C@@]56CC[C@@](C)(C(=O)O5)C6(C)C)c4c3c2c2ccccc12. The topological polar surface area (TPSA) is 89.5 Å². The lowest BCUT2D eigenvalue weighted by molar-refractivity contribution is -0.176. The van der Waals surface area contributed by atoms with E-state index >= 15 is 0 Å². The molecule has 1 saturated carbocycles. The van der Waals surface area contributed by atoms with Crippen molar-refractivity contribution in [1.29, 1.82) is 0 Å². The van der Waals surface area contributed by atoms with Crippen LogP contribution in [-0.2, 0) is 14.3 Å². The second-order valence-electron chi connectivity index (χ2n) is 12.4. The molecule has 2 bridgehead atoms. The third kappa shape index (κ3) is 3.28. The molecule has 0 radical (unpaired) electrons. The fourth-order valence-electron chi connectivity index (χ4n) is 7.59. The first-order chi connectivity index (χ1) is 21.1. The van der Waals surface area contributed by atoms with Gasteiger partial charge in [0.1, 0.15) is 17.2 Å². The third-order valence-corrected chi connectivity index (χ3v) is 10.5. The molecular weight excluding hydrogens is 560 g/mol. The molecule has 1 aliphatic carbocycles. The lowest BCUT2D eigenvalue weighted by atomic mass is 9.66. The first kappa shape index (κ1) is 28.1. The average Bonchev–Trinajstić information content (AvgIpc) is 3.33. The summed E-state index contributed by atoms with van der Waals surface area (Å²) in [5.74, 6) is 1.80. The Morgan fingerprint density at radius 3 is 1.91 bits per heavy atom. The van der Waals surface area contributed by atoms with Crippen molar-refractivity contribution < 1.29 is 38.0 Å². The summed E-state index contributed by atoms with van der Waals surface area (Å²) in [5.41, 5.74) is -2.91. The lowest BCUT2D eigenvalue weighted by Gasteiger charge is -2.34. The highest BCUT2D eigenvalue weighted by Gasteiger charge is 2.76. The maximum Gasteiger partial charge on any atom is 0.356 e. The van der Waals surface area contributed by atoms with Gasteiger partial charge in [-0.05, 0) is 55.5 Å². The average molecular weight is 595 g/mol. The van der Waals surface area contributed by atoms with Crippen LogP contribution in [0, 0.1) is 10.8 Å². The smallest absolute Gasteiger partial charge is 0.356 e. The van der Waals surface area contributed by atoms with Gasteiger partial charge in [0.25, 0.3) is 0 Å². The van der Waals surface area contributed by atoms with Gasteiger partial charge in [-0.2, -0.15) is 0 Å². The zero-order chi connectivity index (χ0) is 31.2. The summed E-state index contributed by atoms with van der Waals surface area (Å²) in [5, 5.41) is 6.47. The molecule has 5 aromatic carbocycles. The highest BCUT2D eigenvalue weighted by atomic mass is 16.6. The van der Waals surface area contributed by atoms with E-state index < -0.39 is 22.4 Å². The van der Waals surface area contributed by atoms with Crippen LogP contribution in [0.4, 0.5) is 0 Å². The van der Waals surface area contributed by atoms with E-state index in [1.54, 1.807) is 40.6 Å². The van der Waals surface area contributed by atoms with Gasteiger partial charge in [-0.3, -0.25) is 4.79 Å². The van der Waals surface area contributed by atoms with Crippen molar-refractivity contribution in [3.63, 3.8) is 0 Å².